The summed E-state index contributed by atoms with van der Waals surface area (Å²) in [4.78, 5) is 61.3. The van der Waals surface area contributed by atoms with Gasteiger partial charge in [0.25, 0.3) is 0 Å². The average Bonchev–Trinajstić information content (AvgIpc) is 1.76. The van der Waals surface area contributed by atoms with Crippen LogP contribution in [0.3, 0.4) is 0 Å². The second-order valence-corrected chi connectivity index (χ2v) is 26.0. The first-order valence-corrected chi connectivity index (χ1v) is 31.9. The summed E-state index contributed by atoms with van der Waals surface area (Å²) >= 11 is 0. The zero-order valence-electron chi connectivity index (χ0n) is 48.3. The van der Waals surface area contributed by atoms with Gasteiger partial charge in [0.05, 0.1) is 37.0 Å². The summed E-state index contributed by atoms with van der Waals surface area (Å²) < 4.78 is 43.6. The molecule has 0 radical (unpaired) electrons. The van der Waals surface area contributed by atoms with Crippen LogP contribution < -0.4 is 9.84 Å². The highest BCUT2D eigenvalue weighted by Gasteiger charge is 2.76. The molecule has 81 heavy (non-hydrogen) atoms. The highest BCUT2D eigenvalue weighted by atomic mass is 31.2. The van der Waals surface area contributed by atoms with Gasteiger partial charge in [0.1, 0.15) is 18.8 Å². The first-order valence-electron chi connectivity index (χ1n) is 30.4. The van der Waals surface area contributed by atoms with Gasteiger partial charge in [0, 0.05) is 53.6 Å². The molecule has 5 unspecified atom stereocenters. The lowest BCUT2D eigenvalue weighted by Crippen LogP contribution is -2.63. The molecule has 10 atom stereocenters. The second-order valence-electron chi connectivity index (χ2n) is 24.8. The van der Waals surface area contributed by atoms with E-state index in [4.69, 9.17) is 23.5 Å². The Balaban J connectivity index is 0.799. The summed E-state index contributed by atoms with van der Waals surface area (Å²) in [5.41, 5.74) is 2.07. The quantitative estimate of drug-likeness (QED) is 0.0199. The largest absolute Gasteiger partial charge is 0.524 e. The van der Waals surface area contributed by atoms with Gasteiger partial charge in [-0.05, 0) is 150 Å². The lowest BCUT2D eigenvalue weighted by atomic mass is 9.46. The van der Waals surface area contributed by atoms with Crippen molar-refractivity contribution < 1.29 is 66.9 Å². The van der Waals surface area contributed by atoms with Gasteiger partial charge in [-0.1, -0.05) is 106 Å². The van der Waals surface area contributed by atoms with Crippen LogP contribution in [-0.2, 0) is 52.6 Å². The normalized spacial score (nSPS) is 28.6. The Morgan fingerprint density at radius 3 is 2.33 bits per heavy atom. The van der Waals surface area contributed by atoms with Crippen molar-refractivity contribution in [3.63, 3.8) is 0 Å². The van der Waals surface area contributed by atoms with E-state index in [1.807, 2.05) is 24.3 Å². The fourth-order valence-corrected chi connectivity index (χ4v) is 15.8. The van der Waals surface area contributed by atoms with Gasteiger partial charge in [-0.2, -0.15) is 0 Å². The number of phosphoric ester groups is 1. The summed E-state index contributed by atoms with van der Waals surface area (Å²) in [5.74, 6) is -0.900. The van der Waals surface area contributed by atoms with Crippen molar-refractivity contribution in [2.24, 2.45) is 34.5 Å². The maximum absolute atomic E-state index is 15.1. The first-order chi connectivity index (χ1) is 38.9. The van der Waals surface area contributed by atoms with E-state index in [2.05, 4.69) is 57.3 Å². The molecule has 1 heterocycles. The molecule has 16 heteroatoms. The number of allylic oxidation sites excluding steroid dienone is 4. The number of quaternary nitrogens is 1. The van der Waals surface area contributed by atoms with Crippen LogP contribution in [0.2, 0.25) is 0 Å². The van der Waals surface area contributed by atoms with Crippen LogP contribution in [0.4, 0.5) is 0 Å². The minimum Gasteiger partial charge on any atom is -0.454 e. The van der Waals surface area contributed by atoms with Crippen LogP contribution in [0.25, 0.3) is 0 Å². The summed E-state index contributed by atoms with van der Waals surface area (Å²) in [7, 11) is -4.92. The Kier molecular flexibility index (Phi) is 20.2. The monoisotopic (exact) mass is 1140 g/mol. The molecule has 0 amide bonds. The van der Waals surface area contributed by atoms with Gasteiger partial charge >= 0.3 is 13.8 Å². The first kappa shape index (κ1) is 61.2. The summed E-state index contributed by atoms with van der Waals surface area (Å²) in [6.45, 7) is 12.6. The molecule has 442 valence electrons. The third-order valence-electron chi connectivity index (χ3n) is 19.9. The molecule has 5 N–H and O–H groups in total. The second kappa shape index (κ2) is 26.7. The number of esters is 1. The molecule has 3 aromatic carbocycles. The van der Waals surface area contributed by atoms with Crippen molar-refractivity contribution in [1.29, 1.82) is 0 Å². The van der Waals surface area contributed by atoms with Crippen molar-refractivity contribution in [2.45, 2.75) is 174 Å². The molecule has 3 aromatic rings. The predicted octanol–water partition coefficient (Wildman–Crippen LogP) is 10.6. The van der Waals surface area contributed by atoms with Gasteiger partial charge in [0.2, 0.25) is 5.78 Å². The number of nitrogens with one attached hydrogen (secondary N) is 1. The van der Waals surface area contributed by atoms with E-state index in [1.165, 1.54) is 11.6 Å². The number of ether oxygens (including phenoxy) is 4. The van der Waals surface area contributed by atoms with Crippen LogP contribution in [0.15, 0.2) is 96.6 Å². The molecule has 9 rings (SSSR count). The summed E-state index contributed by atoms with van der Waals surface area (Å²) in [5, 5.41) is 27.0. The number of unbranched alkanes of at least 4 members (excludes halogenated alkanes) is 4. The number of carbonyl (C=O) groups is 3. The molecule has 15 nitrogen and oxygen atoms in total. The number of nitrogens with zero attached hydrogens (tertiary/aromatic N) is 1. The molecule has 0 aromatic heterocycles. The number of aliphatic hydroxyl groups excluding tert-OH is 2. The number of fused-ring (bicyclic) bond motifs is 7. The molecule has 1 saturated heterocycles. The van der Waals surface area contributed by atoms with Crippen LogP contribution in [-0.4, -0.2) is 112 Å². The van der Waals surface area contributed by atoms with Crippen LogP contribution >= 0.6 is 7.82 Å². The van der Waals surface area contributed by atoms with E-state index in [0.717, 1.165) is 121 Å². The molecule has 4 saturated carbocycles. The topological polar surface area (TPSA) is 207 Å². The van der Waals surface area contributed by atoms with Gasteiger partial charge in [-0.3, -0.25) is 19.4 Å². The number of hydrogen-bond acceptors (Lipinski definition) is 12. The fraction of sp³-hybridized carbons (Fsp3) is 0.615. The molecule has 0 spiro atoms. The third-order valence-corrected chi connectivity index (χ3v) is 20.3. The van der Waals surface area contributed by atoms with Gasteiger partial charge in [0.15, 0.2) is 24.3 Å². The number of carbonyl (C=O) groups excluding carboxylic acids is 3. The number of aryl methyl sites for hydroxylation is 1. The van der Waals surface area contributed by atoms with E-state index in [9.17, 15) is 34.2 Å². The zero-order chi connectivity index (χ0) is 57.4. The van der Waals surface area contributed by atoms with E-state index < -0.39 is 61.4 Å². The van der Waals surface area contributed by atoms with E-state index >= 15 is 4.79 Å². The fourth-order valence-electron chi connectivity index (χ4n) is 15.3. The van der Waals surface area contributed by atoms with Crippen LogP contribution in [0.1, 0.15) is 163 Å². The lowest BCUT2D eigenvalue weighted by Gasteiger charge is -2.59. The molecule has 5 aliphatic carbocycles. The minimum absolute atomic E-state index is 0.00671. The van der Waals surface area contributed by atoms with E-state index in [1.54, 1.807) is 36.4 Å². The Bertz CT molecular complexity index is 2740. The number of rotatable bonds is 28. The van der Waals surface area contributed by atoms with Crippen LogP contribution in [0.5, 0.6) is 5.75 Å². The highest BCUT2D eigenvalue weighted by Crippen LogP contribution is 2.70. The lowest BCUT2D eigenvalue weighted by molar-refractivity contribution is -0.950. The smallest absolute Gasteiger partial charge is 0.454 e. The van der Waals surface area contributed by atoms with E-state index in [0.29, 0.717) is 61.2 Å². The Morgan fingerprint density at radius 2 is 1.60 bits per heavy atom. The summed E-state index contributed by atoms with van der Waals surface area (Å²) in [6.07, 6.45) is 17.6. The Morgan fingerprint density at radius 1 is 0.877 bits per heavy atom. The van der Waals surface area contributed by atoms with Gasteiger partial charge in [-0.25, -0.2) is 9.36 Å². The number of benzene rings is 3. The predicted molar refractivity (Wildman–Crippen MR) is 309 cm³/mol. The summed E-state index contributed by atoms with van der Waals surface area (Å²) in [6, 6.07) is 22.6. The zero-order valence-corrected chi connectivity index (χ0v) is 49.2. The SMILES string of the molecule is CC[N+](CC)(Cc1ccc(C(=O)OCC(=O)[C@@]23O[C@H](C4CCCCC4)O[C@H]2CC2C4CCC5=CC(=O)C=C[C@]5(C)C4C(O)C[C@@]23C)cc1)Cc1cc(C(O)CNCCCCCCOCCCCc2ccccc2)ccc1OP(=O)(O)O. The number of Topliss-reactive ketones (excluding diaryl/α,β-unsaturated/α-hetero) is 1. The van der Waals surface area contributed by atoms with Crippen LogP contribution in [0, 0.1) is 34.5 Å². The van der Waals surface area contributed by atoms with Crippen molar-refractivity contribution in [3.05, 3.63) is 124 Å². The van der Waals surface area contributed by atoms with Crippen molar-refractivity contribution >= 4 is 25.4 Å². The number of ketones is 2. The molecule has 0 bridgehead atoms. The van der Waals surface area contributed by atoms with Crippen molar-refractivity contribution in [3.8, 4) is 5.75 Å². The van der Waals surface area contributed by atoms with Gasteiger partial charge in [-0.15, -0.1) is 0 Å². The van der Waals surface area contributed by atoms with Crippen molar-refractivity contribution in [2.75, 3.05) is 46.0 Å². The number of aliphatic hydroxyl groups is 2. The standard InChI is InChI=1S/C65H89N2O13P/c1-5-67(6-2,43-50-37-49(28-31-57(50)80-81(73,74)75)56(70)41-66-34-16-7-8-17-35-76-36-18-15-21-45-19-11-9-12-20-45)42-46-24-26-47(27-25-46)61(72)77-44-58(71)65-59(78-62(79-65)48-22-13-10-14-23-48)39-54-53-30-29-51-38-52(68)32-33-63(51,3)60(53)55(69)40-64(54,65)4/h9,11-12,19-20,24-28,31-33,37-38,48,53-56,59-60,62,66,69-70H,5-8,10,13-18,21-23,29-30,34-36,39-44H2,1-4H3,(H-,73,74,75)/p+1/t53?,54?,55?,56?,59-,60?,62+,63-,64-,65+/m0/s1. The van der Waals surface area contributed by atoms with Crippen molar-refractivity contribution in [1.82, 2.24) is 5.32 Å². The average molecular weight is 1140 g/mol. The minimum atomic E-state index is -4.92. The maximum atomic E-state index is 15.1. The molecule has 1 aliphatic heterocycles. The molecular formula is C65H90N2O13P+. The Hall–Kier alpha value is -4.38. The molecule has 6 aliphatic rings. The third kappa shape index (κ3) is 13.8. The molecule has 5 fully saturated rings. The molecular weight excluding hydrogens is 1050 g/mol. The highest BCUT2D eigenvalue weighted by molar-refractivity contribution is 7.46. The number of phosphoric acid groups is 1. The van der Waals surface area contributed by atoms with E-state index in [-0.39, 0.29) is 46.6 Å². The maximum Gasteiger partial charge on any atom is 0.524 e. The Labute approximate surface area is 480 Å². The van der Waals surface area contributed by atoms with Gasteiger partial charge < -0.3 is 43.5 Å². The number of hydrogen-bond donors (Lipinski definition) is 5.